The van der Waals surface area contributed by atoms with Gasteiger partial charge in [0.25, 0.3) is 0 Å². The van der Waals surface area contributed by atoms with E-state index in [-0.39, 0.29) is 24.8 Å². The van der Waals surface area contributed by atoms with E-state index >= 15 is 0 Å². The highest BCUT2D eigenvalue weighted by Gasteiger charge is 2.16. The normalized spacial score (nSPS) is 18.1. The summed E-state index contributed by atoms with van der Waals surface area (Å²) in [6, 6.07) is 2.50. The van der Waals surface area contributed by atoms with Crippen molar-refractivity contribution in [1.82, 2.24) is 10.3 Å². The molecule has 5 heteroatoms. The van der Waals surface area contributed by atoms with Gasteiger partial charge in [0, 0.05) is 12.2 Å². The molecule has 1 N–H and O–H groups in total. The fourth-order valence-electron chi connectivity index (χ4n) is 1.28. The van der Waals surface area contributed by atoms with E-state index in [1.165, 1.54) is 6.42 Å². The molecule has 86 valence electrons. The van der Waals surface area contributed by atoms with Gasteiger partial charge in [-0.1, -0.05) is 0 Å². The first-order valence-electron chi connectivity index (χ1n) is 4.63. The highest BCUT2D eigenvalue weighted by molar-refractivity contribution is 5.85. The average Bonchev–Trinajstić information content (AvgIpc) is 2.05. The maximum Gasteiger partial charge on any atom is 0.140 e. The predicted molar refractivity (Wildman–Crippen MR) is 65.4 cm³/mol. The number of aromatic nitrogens is 1. The summed E-state index contributed by atoms with van der Waals surface area (Å²) in [6.45, 7) is 3.91. The van der Waals surface area contributed by atoms with Crippen molar-refractivity contribution in [3.05, 3.63) is 24.0 Å². The van der Waals surface area contributed by atoms with Gasteiger partial charge >= 0.3 is 0 Å². The molecule has 0 radical (unpaired) electrons. The topological polar surface area (TPSA) is 34.1 Å². The van der Waals surface area contributed by atoms with Gasteiger partial charge in [-0.05, 0) is 31.5 Å². The molecule has 1 aliphatic rings. The third-order valence-corrected chi connectivity index (χ3v) is 2.36. The Kier molecular flexibility index (Phi) is 6.65. The quantitative estimate of drug-likeness (QED) is 0.891. The van der Waals surface area contributed by atoms with Crippen LogP contribution in [0, 0.1) is 6.92 Å². The van der Waals surface area contributed by atoms with Crippen molar-refractivity contribution in [3.63, 3.8) is 0 Å². The predicted octanol–water partition coefficient (Wildman–Crippen LogP) is 1.97. The number of hydrogen-bond acceptors (Lipinski definition) is 3. The van der Waals surface area contributed by atoms with Crippen molar-refractivity contribution < 1.29 is 4.74 Å². The molecule has 0 aromatic carbocycles. The number of pyridine rings is 1. The van der Waals surface area contributed by atoms with Crippen LogP contribution in [0.2, 0.25) is 0 Å². The monoisotopic (exact) mass is 250 g/mol. The third kappa shape index (κ3) is 3.86. The largest absolute Gasteiger partial charge is 0.490 e. The molecule has 0 spiro atoms. The molecular weight excluding hydrogens is 235 g/mol. The first kappa shape index (κ1) is 14.5. The zero-order chi connectivity index (χ0) is 9.10. The van der Waals surface area contributed by atoms with Gasteiger partial charge in [0.1, 0.15) is 12.4 Å². The molecule has 1 atom stereocenters. The summed E-state index contributed by atoms with van der Waals surface area (Å²) < 4.78 is 5.62. The van der Waals surface area contributed by atoms with E-state index in [1.54, 1.807) is 12.4 Å². The second kappa shape index (κ2) is 6.88. The molecule has 2 heterocycles. The van der Waals surface area contributed by atoms with Crippen LogP contribution in [0.15, 0.2) is 18.5 Å². The SMILES string of the molecule is Cc1ccncc1OC[C@@H]1CCN1.Cl.Cl. The molecule has 1 aliphatic heterocycles. The van der Waals surface area contributed by atoms with Crippen LogP contribution in [-0.4, -0.2) is 24.2 Å². The van der Waals surface area contributed by atoms with Crippen LogP contribution in [0.5, 0.6) is 5.75 Å². The molecule has 3 nitrogen and oxygen atoms in total. The Bertz CT molecular complexity index is 293. The number of aryl methyl sites for hydroxylation is 1. The third-order valence-electron chi connectivity index (χ3n) is 2.36. The Morgan fingerprint density at radius 2 is 2.27 bits per heavy atom. The molecule has 1 aromatic rings. The van der Waals surface area contributed by atoms with Crippen LogP contribution in [0.3, 0.4) is 0 Å². The van der Waals surface area contributed by atoms with E-state index in [9.17, 15) is 0 Å². The van der Waals surface area contributed by atoms with Crippen LogP contribution in [-0.2, 0) is 0 Å². The fraction of sp³-hybridized carbons (Fsp3) is 0.500. The van der Waals surface area contributed by atoms with E-state index < -0.39 is 0 Å². The van der Waals surface area contributed by atoms with Crippen molar-refractivity contribution in [2.45, 2.75) is 19.4 Å². The van der Waals surface area contributed by atoms with Crippen LogP contribution < -0.4 is 10.1 Å². The van der Waals surface area contributed by atoms with E-state index in [0.29, 0.717) is 6.04 Å². The Hall–Kier alpha value is -0.510. The molecule has 0 amide bonds. The number of halogens is 2. The highest BCUT2D eigenvalue weighted by Crippen LogP contribution is 2.15. The minimum Gasteiger partial charge on any atom is -0.490 e. The first-order valence-corrected chi connectivity index (χ1v) is 4.63. The van der Waals surface area contributed by atoms with Crippen molar-refractivity contribution >= 4 is 24.8 Å². The summed E-state index contributed by atoms with van der Waals surface area (Å²) >= 11 is 0. The number of nitrogens with zero attached hydrogens (tertiary/aromatic N) is 1. The molecule has 0 saturated carbocycles. The lowest BCUT2D eigenvalue weighted by atomic mass is 10.1. The summed E-state index contributed by atoms with van der Waals surface area (Å²) in [5.41, 5.74) is 1.15. The van der Waals surface area contributed by atoms with Crippen molar-refractivity contribution in [2.75, 3.05) is 13.2 Å². The van der Waals surface area contributed by atoms with Crippen molar-refractivity contribution in [2.24, 2.45) is 0 Å². The van der Waals surface area contributed by atoms with Crippen LogP contribution in [0.4, 0.5) is 0 Å². The van der Waals surface area contributed by atoms with E-state index in [2.05, 4.69) is 10.3 Å². The van der Waals surface area contributed by atoms with Crippen LogP contribution >= 0.6 is 24.8 Å². The van der Waals surface area contributed by atoms with Crippen LogP contribution in [0.1, 0.15) is 12.0 Å². The summed E-state index contributed by atoms with van der Waals surface area (Å²) in [7, 11) is 0. The van der Waals surface area contributed by atoms with Crippen molar-refractivity contribution in [1.29, 1.82) is 0 Å². The smallest absolute Gasteiger partial charge is 0.140 e. The van der Waals surface area contributed by atoms with E-state index in [1.807, 2.05) is 13.0 Å². The molecule has 0 unspecified atom stereocenters. The zero-order valence-electron chi connectivity index (χ0n) is 8.60. The van der Waals surface area contributed by atoms with Gasteiger partial charge in [0.15, 0.2) is 0 Å². The van der Waals surface area contributed by atoms with E-state index in [0.717, 1.165) is 24.5 Å². The second-order valence-corrected chi connectivity index (χ2v) is 3.39. The standard InChI is InChI=1S/C10H14N2O.2ClH/c1-8-2-4-11-6-10(8)13-7-9-3-5-12-9;;/h2,4,6,9,12H,3,5,7H2,1H3;2*1H/t9-;;/m0../s1. The van der Waals surface area contributed by atoms with Crippen LogP contribution in [0.25, 0.3) is 0 Å². The van der Waals surface area contributed by atoms with E-state index in [4.69, 9.17) is 4.74 Å². The second-order valence-electron chi connectivity index (χ2n) is 3.39. The fourth-order valence-corrected chi connectivity index (χ4v) is 1.28. The summed E-state index contributed by atoms with van der Waals surface area (Å²) in [5, 5.41) is 3.29. The molecule has 2 rings (SSSR count). The Labute approximate surface area is 102 Å². The first-order chi connectivity index (χ1) is 6.36. The van der Waals surface area contributed by atoms with Gasteiger partial charge in [0.2, 0.25) is 0 Å². The lowest BCUT2D eigenvalue weighted by Gasteiger charge is -2.27. The summed E-state index contributed by atoms with van der Waals surface area (Å²) in [6.07, 6.45) is 4.77. The number of hydrogen-bond donors (Lipinski definition) is 1. The molecule has 0 aliphatic carbocycles. The maximum absolute atomic E-state index is 5.62. The molecule has 1 fully saturated rings. The molecule has 1 saturated heterocycles. The summed E-state index contributed by atoms with van der Waals surface area (Å²) in [5.74, 6) is 0.899. The Morgan fingerprint density at radius 3 is 2.80 bits per heavy atom. The number of nitrogens with one attached hydrogen (secondary N) is 1. The molecule has 0 bridgehead atoms. The van der Waals surface area contributed by atoms with Crippen molar-refractivity contribution in [3.8, 4) is 5.75 Å². The average molecular weight is 251 g/mol. The Morgan fingerprint density at radius 1 is 1.53 bits per heavy atom. The minimum atomic E-state index is 0. The molecule has 15 heavy (non-hydrogen) atoms. The van der Waals surface area contributed by atoms with Gasteiger partial charge in [-0.3, -0.25) is 4.98 Å². The maximum atomic E-state index is 5.62. The van der Waals surface area contributed by atoms with Gasteiger partial charge in [0.05, 0.1) is 6.20 Å². The lowest BCUT2D eigenvalue weighted by molar-refractivity contribution is 0.216. The van der Waals surface area contributed by atoms with Gasteiger partial charge < -0.3 is 10.1 Å². The number of rotatable bonds is 3. The molecular formula is C10H16Cl2N2O. The van der Waals surface area contributed by atoms with Gasteiger partial charge in [-0.2, -0.15) is 0 Å². The van der Waals surface area contributed by atoms with Gasteiger partial charge in [-0.25, -0.2) is 0 Å². The highest BCUT2D eigenvalue weighted by atomic mass is 35.5. The van der Waals surface area contributed by atoms with Gasteiger partial charge in [-0.15, -0.1) is 24.8 Å². The minimum absolute atomic E-state index is 0. The zero-order valence-corrected chi connectivity index (χ0v) is 10.2. The Balaban J connectivity index is 0.000000980. The summed E-state index contributed by atoms with van der Waals surface area (Å²) in [4.78, 5) is 4.02. The number of ether oxygens (including phenoxy) is 1. The lowest BCUT2D eigenvalue weighted by Crippen LogP contribution is -2.46. The molecule has 1 aromatic heterocycles.